The number of aliphatic hydroxyl groups is 1. The normalized spacial score (nSPS) is 9.90. The van der Waals surface area contributed by atoms with Crippen LogP contribution in [0.4, 0.5) is 0 Å². The van der Waals surface area contributed by atoms with Gasteiger partial charge in [-0.1, -0.05) is 6.07 Å². The second-order valence-electron chi connectivity index (χ2n) is 2.27. The molecule has 0 heterocycles. The summed E-state index contributed by atoms with van der Waals surface area (Å²) < 4.78 is 0. The van der Waals surface area contributed by atoms with Crippen LogP contribution in [0.3, 0.4) is 0 Å². The van der Waals surface area contributed by atoms with Crippen molar-refractivity contribution in [1.82, 2.24) is 0 Å². The van der Waals surface area contributed by atoms with Crippen molar-refractivity contribution >= 4 is 12.6 Å². The highest BCUT2D eigenvalue weighted by atomic mass is 32.1. The maximum Gasteiger partial charge on any atom is 0.0684 e. The molecule has 54 valence electrons. The SMILES string of the molecule is Cc1ccc(S)cc1CO. The molecule has 1 nitrogen and oxygen atoms in total. The zero-order chi connectivity index (χ0) is 7.56. The van der Waals surface area contributed by atoms with Gasteiger partial charge in [0.1, 0.15) is 0 Å². The number of hydrogen-bond acceptors (Lipinski definition) is 2. The highest BCUT2D eigenvalue weighted by Crippen LogP contribution is 2.13. The largest absolute Gasteiger partial charge is 0.392 e. The van der Waals surface area contributed by atoms with E-state index in [2.05, 4.69) is 12.6 Å². The lowest BCUT2D eigenvalue weighted by Gasteiger charge is -2.01. The van der Waals surface area contributed by atoms with Crippen LogP contribution < -0.4 is 0 Å². The first-order chi connectivity index (χ1) is 4.74. The average molecular weight is 154 g/mol. The summed E-state index contributed by atoms with van der Waals surface area (Å²) in [5, 5.41) is 8.81. The Hall–Kier alpha value is -0.470. The molecule has 2 heteroatoms. The predicted molar refractivity (Wildman–Crippen MR) is 44.4 cm³/mol. The van der Waals surface area contributed by atoms with Gasteiger partial charge in [-0.3, -0.25) is 0 Å². The van der Waals surface area contributed by atoms with Crippen LogP contribution >= 0.6 is 12.6 Å². The van der Waals surface area contributed by atoms with E-state index in [1.807, 2.05) is 25.1 Å². The van der Waals surface area contributed by atoms with Crippen LogP contribution in [0.25, 0.3) is 0 Å². The van der Waals surface area contributed by atoms with Crippen LogP contribution in [0.5, 0.6) is 0 Å². The van der Waals surface area contributed by atoms with Crippen molar-refractivity contribution in [3.05, 3.63) is 29.3 Å². The van der Waals surface area contributed by atoms with Crippen LogP contribution in [-0.4, -0.2) is 5.11 Å². The van der Waals surface area contributed by atoms with Gasteiger partial charge in [-0.25, -0.2) is 0 Å². The fraction of sp³-hybridized carbons (Fsp3) is 0.250. The van der Waals surface area contributed by atoms with Gasteiger partial charge in [-0.05, 0) is 30.2 Å². The lowest BCUT2D eigenvalue weighted by atomic mass is 10.1. The number of benzene rings is 1. The van der Waals surface area contributed by atoms with Gasteiger partial charge in [0.25, 0.3) is 0 Å². The summed E-state index contributed by atoms with van der Waals surface area (Å²) in [5.41, 5.74) is 2.06. The number of thiol groups is 1. The standard InChI is InChI=1S/C8H10OS/c1-6-2-3-8(10)4-7(6)5-9/h2-4,9-10H,5H2,1H3. The third-order valence-corrected chi connectivity index (χ3v) is 1.78. The predicted octanol–water partition coefficient (Wildman–Crippen LogP) is 1.78. The smallest absolute Gasteiger partial charge is 0.0684 e. The topological polar surface area (TPSA) is 20.2 Å². The molecule has 0 aliphatic heterocycles. The van der Waals surface area contributed by atoms with Crippen LogP contribution in [-0.2, 0) is 6.61 Å². The fourth-order valence-corrected chi connectivity index (χ4v) is 1.06. The number of aliphatic hydroxyl groups excluding tert-OH is 1. The van der Waals surface area contributed by atoms with Gasteiger partial charge in [0.05, 0.1) is 6.61 Å². The van der Waals surface area contributed by atoms with Crippen LogP contribution in [0, 0.1) is 6.92 Å². The van der Waals surface area contributed by atoms with Gasteiger partial charge < -0.3 is 5.11 Å². The molecule has 0 atom stereocenters. The first-order valence-corrected chi connectivity index (χ1v) is 3.58. The van der Waals surface area contributed by atoms with E-state index in [-0.39, 0.29) is 6.61 Å². The van der Waals surface area contributed by atoms with Crippen molar-refractivity contribution < 1.29 is 5.11 Å². The molecule has 0 amide bonds. The quantitative estimate of drug-likeness (QED) is 0.591. The molecule has 1 rings (SSSR count). The van der Waals surface area contributed by atoms with Crippen LogP contribution in [0.15, 0.2) is 23.1 Å². The lowest BCUT2D eigenvalue weighted by molar-refractivity contribution is 0.281. The second kappa shape index (κ2) is 3.08. The number of hydrogen-bond donors (Lipinski definition) is 2. The van der Waals surface area contributed by atoms with E-state index >= 15 is 0 Å². The zero-order valence-corrected chi connectivity index (χ0v) is 6.73. The van der Waals surface area contributed by atoms with Crippen LogP contribution in [0.2, 0.25) is 0 Å². The minimum atomic E-state index is 0.0975. The molecule has 10 heavy (non-hydrogen) atoms. The number of aryl methyl sites for hydroxylation is 1. The summed E-state index contributed by atoms with van der Waals surface area (Å²) in [7, 11) is 0. The van der Waals surface area contributed by atoms with Crippen molar-refractivity contribution in [3.8, 4) is 0 Å². The maximum atomic E-state index is 8.81. The summed E-state index contributed by atoms with van der Waals surface area (Å²) in [5.74, 6) is 0. The first-order valence-electron chi connectivity index (χ1n) is 3.13. The maximum absolute atomic E-state index is 8.81. The highest BCUT2D eigenvalue weighted by Gasteiger charge is 1.94. The Morgan fingerprint density at radius 2 is 2.20 bits per heavy atom. The van der Waals surface area contributed by atoms with Gasteiger partial charge in [0, 0.05) is 4.90 Å². The average Bonchev–Trinajstić information content (AvgIpc) is 1.94. The summed E-state index contributed by atoms with van der Waals surface area (Å²) in [6.45, 7) is 2.07. The summed E-state index contributed by atoms with van der Waals surface area (Å²) in [6.07, 6.45) is 0. The molecule has 0 bridgehead atoms. The Bertz CT molecular complexity index is 233. The Morgan fingerprint density at radius 1 is 1.50 bits per heavy atom. The summed E-state index contributed by atoms with van der Waals surface area (Å²) in [4.78, 5) is 0.898. The molecule has 0 spiro atoms. The van der Waals surface area contributed by atoms with Crippen molar-refractivity contribution in [3.63, 3.8) is 0 Å². The van der Waals surface area contributed by atoms with Crippen LogP contribution in [0.1, 0.15) is 11.1 Å². The molecule has 0 saturated heterocycles. The molecule has 0 aliphatic rings. The molecular formula is C8H10OS. The van der Waals surface area contributed by atoms with E-state index in [1.165, 1.54) is 0 Å². The minimum Gasteiger partial charge on any atom is -0.392 e. The lowest BCUT2D eigenvalue weighted by Crippen LogP contribution is -1.87. The summed E-state index contributed by atoms with van der Waals surface area (Å²) in [6, 6.07) is 5.74. The monoisotopic (exact) mass is 154 g/mol. The van der Waals surface area contributed by atoms with Gasteiger partial charge in [0.15, 0.2) is 0 Å². The van der Waals surface area contributed by atoms with E-state index in [9.17, 15) is 0 Å². The Kier molecular flexibility index (Phi) is 2.35. The van der Waals surface area contributed by atoms with Gasteiger partial charge in [-0.15, -0.1) is 12.6 Å². The zero-order valence-electron chi connectivity index (χ0n) is 5.83. The molecule has 0 saturated carbocycles. The highest BCUT2D eigenvalue weighted by molar-refractivity contribution is 7.80. The van der Waals surface area contributed by atoms with E-state index in [4.69, 9.17) is 5.11 Å². The first kappa shape index (κ1) is 7.63. The van der Waals surface area contributed by atoms with Crippen molar-refractivity contribution in [2.45, 2.75) is 18.4 Å². The van der Waals surface area contributed by atoms with E-state index in [1.54, 1.807) is 0 Å². The molecular weight excluding hydrogens is 144 g/mol. The minimum absolute atomic E-state index is 0.0975. The van der Waals surface area contributed by atoms with Crippen molar-refractivity contribution in [2.24, 2.45) is 0 Å². The molecule has 0 aromatic heterocycles. The molecule has 0 radical (unpaired) electrons. The molecule has 1 N–H and O–H groups in total. The third-order valence-electron chi connectivity index (χ3n) is 1.50. The van der Waals surface area contributed by atoms with E-state index in [0.717, 1.165) is 16.0 Å². The van der Waals surface area contributed by atoms with Crippen molar-refractivity contribution in [2.75, 3.05) is 0 Å². The Labute approximate surface area is 66.1 Å². The van der Waals surface area contributed by atoms with E-state index in [0.29, 0.717) is 0 Å². The van der Waals surface area contributed by atoms with E-state index < -0.39 is 0 Å². The van der Waals surface area contributed by atoms with Gasteiger partial charge >= 0.3 is 0 Å². The van der Waals surface area contributed by atoms with Crippen molar-refractivity contribution in [1.29, 1.82) is 0 Å². The Balaban J connectivity index is 3.09. The fourth-order valence-electron chi connectivity index (χ4n) is 0.828. The molecule has 0 aliphatic carbocycles. The summed E-state index contributed by atoms with van der Waals surface area (Å²) >= 11 is 4.14. The second-order valence-corrected chi connectivity index (χ2v) is 2.79. The molecule has 0 fully saturated rings. The third kappa shape index (κ3) is 1.52. The Morgan fingerprint density at radius 3 is 2.70 bits per heavy atom. The number of rotatable bonds is 1. The molecule has 1 aromatic carbocycles. The van der Waals surface area contributed by atoms with Gasteiger partial charge in [0.2, 0.25) is 0 Å². The van der Waals surface area contributed by atoms with Gasteiger partial charge in [-0.2, -0.15) is 0 Å². The molecule has 1 aromatic rings. The molecule has 0 unspecified atom stereocenters.